The molecule has 0 saturated heterocycles. The van der Waals surface area contributed by atoms with Crippen LogP contribution in [0.2, 0.25) is 5.15 Å². The summed E-state index contributed by atoms with van der Waals surface area (Å²) >= 11 is 5.72. The molecular weight excluding hydrogens is 333 g/mol. The summed E-state index contributed by atoms with van der Waals surface area (Å²) in [6.07, 6.45) is -2.70. The van der Waals surface area contributed by atoms with Crippen molar-refractivity contribution in [2.45, 2.75) is 25.7 Å². The van der Waals surface area contributed by atoms with Crippen molar-refractivity contribution in [1.29, 1.82) is 0 Å². The molecule has 0 bridgehead atoms. The lowest BCUT2D eigenvalue weighted by atomic mass is 10.1. The highest BCUT2D eigenvalue weighted by molar-refractivity contribution is 6.29. The standard InChI is InChI=1S/C14H12ClF3N4O/c15-11-2-1-8(5-19-11)6-22-4-3-9-10(7-22)20-13(14(16,17)18)21-12(9)23/h1-2,5H,3-4,6-7H2,(H,20,21,23). The van der Waals surface area contributed by atoms with Crippen LogP contribution in [0.3, 0.4) is 0 Å². The zero-order chi connectivity index (χ0) is 16.6. The minimum Gasteiger partial charge on any atom is -0.303 e. The fourth-order valence-corrected chi connectivity index (χ4v) is 2.63. The molecular formula is C14H12ClF3N4O. The Morgan fingerprint density at radius 2 is 2.13 bits per heavy atom. The minimum atomic E-state index is -4.67. The SMILES string of the molecule is O=c1[nH]c(C(F)(F)F)nc2c1CCN(Cc1ccc(Cl)nc1)C2. The maximum absolute atomic E-state index is 12.8. The summed E-state index contributed by atoms with van der Waals surface area (Å²) in [4.78, 5) is 23.1. The lowest BCUT2D eigenvalue weighted by Gasteiger charge is -2.27. The summed E-state index contributed by atoms with van der Waals surface area (Å²) in [5.41, 5.74) is 0.673. The summed E-state index contributed by atoms with van der Waals surface area (Å²) < 4.78 is 38.3. The van der Waals surface area contributed by atoms with E-state index in [0.717, 1.165) is 5.56 Å². The predicted octanol–water partition coefficient (Wildman–Crippen LogP) is 2.40. The summed E-state index contributed by atoms with van der Waals surface area (Å²) in [6.45, 7) is 1.25. The van der Waals surface area contributed by atoms with Gasteiger partial charge in [0, 0.05) is 31.4 Å². The van der Waals surface area contributed by atoms with E-state index >= 15 is 0 Å². The average molecular weight is 345 g/mol. The first-order valence-electron chi connectivity index (χ1n) is 6.85. The van der Waals surface area contributed by atoms with Gasteiger partial charge in [0.2, 0.25) is 5.82 Å². The van der Waals surface area contributed by atoms with Crippen LogP contribution >= 0.6 is 11.6 Å². The van der Waals surface area contributed by atoms with Gasteiger partial charge in [0.15, 0.2) is 0 Å². The van der Waals surface area contributed by atoms with Crippen LogP contribution in [0.1, 0.15) is 22.6 Å². The molecule has 1 aliphatic rings. The van der Waals surface area contributed by atoms with E-state index in [2.05, 4.69) is 9.97 Å². The van der Waals surface area contributed by atoms with Gasteiger partial charge in [0.05, 0.1) is 5.69 Å². The van der Waals surface area contributed by atoms with Gasteiger partial charge >= 0.3 is 6.18 Å². The fourth-order valence-electron chi connectivity index (χ4n) is 2.52. The third kappa shape index (κ3) is 3.53. The van der Waals surface area contributed by atoms with E-state index in [1.54, 1.807) is 18.3 Å². The van der Waals surface area contributed by atoms with Crippen molar-refractivity contribution in [1.82, 2.24) is 19.9 Å². The highest BCUT2D eigenvalue weighted by Crippen LogP contribution is 2.26. The van der Waals surface area contributed by atoms with Gasteiger partial charge in [-0.2, -0.15) is 13.2 Å². The molecule has 0 radical (unpaired) electrons. The van der Waals surface area contributed by atoms with E-state index < -0.39 is 17.6 Å². The second-order valence-corrected chi connectivity index (χ2v) is 5.67. The third-order valence-electron chi connectivity index (χ3n) is 3.62. The number of halogens is 4. The van der Waals surface area contributed by atoms with E-state index in [1.807, 2.05) is 9.88 Å². The van der Waals surface area contributed by atoms with Gasteiger partial charge in [0.1, 0.15) is 5.15 Å². The molecule has 0 amide bonds. The smallest absolute Gasteiger partial charge is 0.303 e. The van der Waals surface area contributed by atoms with Gasteiger partial charge in [-0.3, -0.25) is 9.69 Å². The first-order valence-corrected chi connectivity index (χ1v) is 7.23. The van der Waals surface area contributed by atoms with E-state index in [1.165, 1.54) is 0 Å². The highest BCUT2D eigenvalue weighted by atomic mass is 35.5. The molecule has 5 nitrogen and oxygen atoms in total. The average Bonchev–Trinajstić information content (AvgIpc) is 2.48. The quantitative estimate of drug-likeness (QED) is 0.850. The molecule has 0 aromatic carbocycles. The van der Waals surface area contributed by atoms with Crippen molar-refractivity contribution in [3.8, 4) is 0 Å². The van der Waals surface area contributed by atoms with Crippen LogP contribution < -0.4 is 5.56 Å². The summed E-state index contributed by atoms with van der Waals surface area (Å²) in [5.74, 6) is -1.25. The molecule has 1 aliphatic heterocycles. The molecule has 2 aromatic rings. The number of pyridine rings is 1. The Morgan fingerprint density at radius 1 is 1.35 bits per heavy atom. The first kappa shape index (κ1) is 15.9. The van der Waals surface area contributed by atoms with E-state index in [9.17, 15) is 18.0 Å². The maximum atomic E-state index is 12.8. The maximum Gasteiger partial charge on any atom is 0.449 e. The molecule has 0 spiro atoms. The number of fused-ring (bicyclic) bond motifs is 1. The lowest BCUT2D eigenvalue weighted by molar-refractivity contribution is -0.145. The van der Waals surface area contributed by atoms with Crippen molar-refractivity contribution >= 4 is 11.6 Å². The number of aromatic amines is 1. The molecule has 0 unspecified atom stereocenters. The molecule has 3 heterocycles. The van der Waals surface area contributed by atoms with Crippen LogP contribution in [-0.2, 0) is 25.7 Å². The minimum absolute atomic E-state index is 0.175. The van der Waals surface area contributed by atoms with Crippen LogP contribution in [0.15, 0.2) is 23.1 Å². The third-order valence-corrected chi connectivity index (χ3v) is 3.84. The predicted molar refractivity (Wildman–Crippen MR) is 76.9 cm³/mol. The number of aromatic nitrogens is 3. The normalized spacial score (nSPS) is 15.5. The Hall–Kier alpha value is -1.93. The monoisotopic (exact) mass is 344 g/mol. The second kappa shape index (κ2) is 5.93. The van der Waals surface area contributed by atoms with Gasteiger partial charge in [-0.05, 0) is 18.1 Å². The van der Waals surface area contributed by atoms with Crippen molar-refractivity contribution < 1.29 is 13.2 Å². The second-order valence-electron chi connectivity index (χ2n) is 5.29. The molecule has 2 aromatic heterocycles. The number of nitrogens with zero attached hydrogens (tertiary/aromatic N) is 3. The zero-order valence-electron chi connectivity index (χ0n) is 11.8. The van der Waals surface area contributed by atoms with Gasteiger partial charge in [-0.25, -0.2) is 9.97 Å². The Labute approximate surface area is 134 Å². The first-order chi connectivity index (χ1) is 10.8. The summed E-state index contributed by atoms with van der Waals surface area (Å²) in [6, 6.07) is 3.46. The molecule has 0 atom stereocenters. The van der Waals surface area contributed by atoms with Crippen LogP contribution in [-0.4, -0.2) is 26.4 Å². The van der Waals surface area contributed by atoms with Crippen LogP contribution in [0.4, 0.5) is 13.2 Å². The zero-order valence-corrected chi connectivity index (χ0v) is 12.6. The van der Waals surface area contributed by atoms with Crippen molar-refractivity contribution in [3.05, 3.63) is 56.5 Å². The molecule has 0 aliphatic carbocycles. The number of H-pyrrole nitrogens is 1. The number of rotatable bonds is 2. The van der Waals surface area contributed by atoms with Crippen molar-refractivity contribution in [3.63, 3.8) is 0 Å². The van der Waals surface area contributed by atoms with Crippen LogP contribution in [0.5, 0.6) is 0 Å². The van der Waals surface area contributed by atoms with Gasteiger partial charge in [-0.1, -0.05) is 17.7 Å². The lowest BCUT2D eigenvalue weighted by Crippen LogP contribution is -2.36. The molecule has 1 N–H and O–H groups in total. The Kier molecular flexibility index (Phi) is 4.11. The largest absolute Gasteiger partial charge is 0.449 e. The van der Waals surface area contributed by atoms with E-state index in [0.29, 0.717) is 30.2 Å². The number of hydrogen-bond donors (Lipinski definition) is 1. The molecule has 23 heavy (non-hydrogen) atoms. The van der Waals surface area contributed by atoms with Gasteiger partial charge in [-0.15, -0.1) is 0 Å². The highest BCUT2D eigenvalue weighted by Gasteiger charge is 2.35. The van der Waals surface area contributed by atoms with Crippen molar-refractivity contribution in [2.24, 2.45) is 0 Å². The van der Waals surface area contributed by atoms with Crippen LogP contribution in [0, 0.1) is 0 Å². The van der Waals surface area contributed by atoms with Gasteiger partial charge in [0.25, 0.3) is 5.56 Å². The number of hydrogen-bond acceptors (Lipinski definition) is 4. The van der Waals surface area contributed by atoms with E-state index in [4.69, 9.17) is 11.6 Å². The Morgan fingerprint density at radius 3 is 2.78 bits per heavy atom. The molecule has 3 rings (SSSR count). The van der Waals surface area contributed by atoms with Gasteiger partial charge < -0.3 is 4.98 Å². The number of alkyl halides is 3. The molecule has 9 heteroatoms. The molecule has 0 saturated carbocycles. The Bertz CT molecular complexity index is 773. The summed E-state index contributed by atoms with van der Waals surface area (Å²) in [7, 11) is 0. The van der Waals surface area contributed by atoms with Crippen molar-refractivity contribution in [2.75, 3.05) is 6.54 Å². The summed E-state index contributed by atoms with van der Waals surface area (Å²) in [5, 5.41) is 0.376. The molecule has 122 valence electrons. The van der Waals surface area contributed by atoms with Crippen LogP contribution in [0.25, 0.3) is 0 Å². The Balaban J connectivity index is 1.83. The fraction of sp³-hybridized carbons (Fsp3) is 0.357. The topological polar surface area (TPSA) is 61.9 Å². The number of nitrogens with one attached hydrogen (secondary N) is 1. The van der Waals surface area contributed by atoms with E-state index in [-0.39, 0.29) is 12.2 Å². The molecule has 0 fully saturated rings.